The first-order valence-electron chi connectivity index (χ1n) is 9.22. The van der Waals surface area contributed by atoms with Crippen LogP contribution in [0, 0.1) is 0 Å². The van der Waals surface area contributed by atoms with E-state index in [1.165, 1.54) is 16.9 Å². The second kappa shape index (κ2) is 11.1. The maximum atomic E-state index is 12.7. The molecule has 1 aromatic carbocycles. The van der Waals surface area contributed by atoms with Crippen LogP contribution in [-0.2, 0) is 23.0 Å². The molecular formula is C19H27IN4O2S2. The third-order valence-corrected chi connectivity index (χ3v) is 7.95. The first-order valence-corrected chi connectivity index (χ1v) is 11.5. The highest BCUT2D eigenvalue weighted by Crippen LogP contribution is 2.27. The number of halogens is 1. The Kier molecular flexibility index (Phi) is 9.19. The van der Waals surface area contributed by atoms with E-state index in [0.717, 1.165) is 30.6 Å². The van der Waals surface area contributed by atoms with Crippen LogP contribution in [0.5, 0.6) is 0 Å². The predicted molar refractivity (Wildman–Crippen MR) is 126 cm³/mol. The topological polar surface area (TPSA) is 87.8 Å². The van der Waals surface area contributed by atoms with Gasteiger partial charge in [0.15, 0.2) is 5.96 Å². The number of piperidine rings is 1. The number of nitrogens with zero attached hydrogens (tertiary/aromatic N) is 2. The number of rotatable bonds is 7. The van der Waals surface area contributed by atoms with Crippen molar-refractivity contribution in [1.82, 2.24) is 9.62 Å². The molecule has 1 fully saturated rings. The number of nitrogens with two attached hydrogens (primary N) is 1. The van der Waals surface area contributed by atoms with Gasteiger partial charge in [0.2, 0.25) is 0 Å². The number of thiophene rings is 1. The molecular weight excluding hydrogens is 507 g/mol. The molecule has 0 bridgehead atoms. The second-order valence-electron chi connectivity index (χ2n) is 6.55. The summed E-state index contributed by atoms with van der Waals surface area (Å²) in [7, 11) is -3.37. The number of aliphatic imine (C=N–C) groups is 1. The summed E-state index contributed by atoms with van der Waals surface area (Å²) >= 11 is 1.28. The molecule has 2 heterocycles. The van der Waals surface area contributed by atoms with E-state index in [2.05, 4.69) is 22.4 Å². The lowest BCUT2D eigenvalue weighted by atomic mass is 10.1. The van der Waals surface area contributed by atoms with Crippen molar-refractivity contribution in [2.45, 2.75) is 36.4 Å². The summed E-state index contributed by atoms with van der Waals surface area (Å²) in [5.41, 5.74) is 7.15. The molecule has 0 unspecified atom stereocenters. The van der Waals surface area contributed by atoms with Crippen LogP contribution in [0.3, 0.4) is 0 Å². The fourth-order valence-electron chi connectivity index (χ4n) is 3.01. The van der Waals surface area contributed by atoms with Crippen molar-refractivity contribution in [2.24, 2.45) is 10.7 Å². The van der Waals surface area contributed by atoms with Crippen LogP contribution in [0.25, 0.3) is 0 Å². The molecule has 0 radical (unpaired) electrons. The van der Waals surface area contributed by atoms with Gasteiger partial charge < -0.3 is 11.1 Å². The zero-order valence-electron chi connectivity index (χ0n) is 15.7. The third-order valence-electron chi connectivity index (χ3n) is 4.51. The van der Waals surface area contributed by atoms with E-state index in [-0.39, 0.29) is 24.0 Å². The number of guanidine groups is 1. The molecule has 1 aliphatic heterocycles. The molecule has 3 rings (SSSR count). The highest BCUT2D eigenvalue weighted by atomic mass is 127. The smallest absolute Gasteiger partial charge is 0.252 e. The molecule has 0 aliphatic carbocycles. The Morgan fingerprint density at radius 2 is 1.82 bits per heavy atom. The van der Waals surface area contributed by atoms with E-state index in [1.807, 2.05) is 24.3 Å². The molecule has 1 aliphatic rings. The quantitative estimate of drug-likeness (QED) is 0.325. The maximum absolute atomic E-state index is 12.7. The summed E-state index contributed by atoms with van der Waals surface area (Å²) in [5.74, 6) is 0.375. The Hall–Kier alpha value is -1.17. The van der Waals surface area contributed by atoms with E-state index in [0.29, 0.717) is 36.3 Å². The summed E-state index contributed by atoms with van der Waals surface area (Å²) in [5, 5.41) is 3.10. The van der Waals surface area contributed by atoms with Crippen molar-refractivity contribution in [2.75, 3.05) is 19.6 Å². The lowest BCUT2D eigenvalue weighted by Crippen LogP contribution is -2.35. The molecule has 1 saturated heterocycles. The molecule has 2 aromatic rings. The minimum atomic E-state index is -3.37. The largest absolute Gasteiger partial charge is 0.370 e. The van der Waals surface area contributed by atoms with Crippen LogP contribution in [-0.4, -0.2) is 38.3 Å². The highest BCUT2D eigenvalue weighted by molar-refractivity contribution is 14.0. The lowest BCUT2D eigenvalue weighted by Gasteiger charge is -2.25. The van der Waals surface area contributed by atoms with E-state index < -0.39 is 10.0 Å². The van der Waals surface area contributed by atoms with Crippen molar-refractivity contribution in [1.29, 1.82) is 0 Å². The van der Waals surface area contributed by atoms with Gasteiger partial charge in [0, 0.05) is 24.5 Å². The normalized spacial score (nSPS) is 15.8. The number of nitrogens with one attached hydrogen (secondary N) is 1. The van der Waals surface area contributed by atoms with Gasteiger partial charge in [0.1, 0.15) is 4.21 Å². The van der Waals surface area contributed by atoms with E-state index in [4.69, 9.17) is 5.73 Å². The first-order chi connectivity index (χ1) is 13.1. The lowest BCUT2D eigenvalue weighted by molar-refractivity contribution is 0.347. The third kappa shape index (κ3) is 6.43. The van der Waals surface area contributed by atoms with Crippen LogP contribution in [0.4, 0.5) is 0 Å². The zero-order valence-corrected chi connectivity index (χ0v) is 19.7. The van der Waals surface area contributed by atoms with E-state index in [1.54, 1.807) is 10.4 Å². The van der Waals surface area contributed by atoms with Crippen molar-refractivity contribution in [3.05, 3.63) is 52.9 Å². The predicted octanol–water partition coefficient (Wildman–Crippen LogP) is 3.19. The molecule has 0 spiro atoms. The zero-order chi connectivity index (χ0) is 19.1. The fourth-order valence-corrected chi connectivity index (χ4v) is 5.96. The van der Waals surface area contributed by atoms with Crippen LogP contribution in [0.1, 0.15) is 29.7 Å². The fraction of sp³-hybridized carbons (Fsp3) is 0.421. The summed E-state index contributed by atoms with van der Waals surface area (Å²) in [6, 6.07) is 13.7. The average Bonchev–Trinajstić information content (AvgIpc) is 3.18. The van der Waals surface area contributed by atoms with Gasteiger partial charge in [0.25, 0.3) is 10.0 Å². The number of benzene rings is 1. The highest BCUT2D eigenvalue weighted by Gasteiger charge is 2.27. The van der Waals surface area contributed by atoms with Crippen LogP contribution >= 0.6 is 35.3 Å². The first kappa shape index (κ1) is 23.1. The Bertz CT molecular complexity index is 863. The van der Waals surface area contributed by atoms with Crippen molar-refractivity contribution < 1.29 is 8.42 Å². The Morgan fingerprint density at radius 1 is 1.11 bits per heavy atom. The van der Waals surface area contributed by atoms with Gasteiger partial charge in [0.05, 0.1) is 6.54 Å². The molecule has 9 heteroatoms. The summed E-state index contributed by atoms with van der Waals surface area (Å²) in [6.07, 6.45) is 3.85. The molecule has 3 N–H and O–H groups in total. The number of hydrogen-bond acceptors (Lipinski definition) is 4. The molecule has 0 saturated carbocycles. The van der Waals surface area contributed by atoms with E-state index >= 15 is 0 Å². The standard InChI is InChI=1S/C19H26N4O2S2.HI/c20-19(21-12-11-16-7-3-1-4-8-16)22-15-17-9-10-18(26-17)27(24,25)23-13-5-2-6-14-23;/h1,3-4,7-10H,2,5-6,11-15H2,(H3,20,21,22);1H. The second-order valence-corrected chi connectivity index (χ2v) is 9.88. The molecule has 6 nitrogen and oxygen atoms in total. The molecule has 28 heavy (non-hydrogen) atoms. The Labute approximate surface area is 188 Å². The van der Waals surface area contributed by atoms with Gasteiger partial charge in [-0.15, -0.1) is 35.3 Å². The van der Waals surface area contributed by atoms with Gasteiger partial charge >= 0.3 is 0 Å². The molecule has 1 aromatic heterocycles. The van der Waals surface area contributed by atoms with Crippen molar-refractivity contribution in [3.8, 4) is 0 Å². The van der Waals surface area contributed by atoms with E-state index in [9.17, 15) is 8.42 Å². The van der Waals surface area contributed by atoms with Crippen molar-refractivity contribution in [3.63, 3.8) is 0 Å². The molecule has 154 valence electrons. The Balaban J connectivity index is 0.00000280. The van der Waals surface area contributed by atoms with Crippen molar-refractivity contribution >= 4 is 51.3 Å². The van der Waals surface area contributed by atoms with Gasteiger partial charge in [-0.1, -0.05) is 36.8 Å². The van der Waals surface area contributed by atoms with Gasteiger partial charge in [-0.3, -0.25) is 0 Å². The van der Waals surface area contributed by atoms with Crippen LogP contribution < -0.4 is 11.1 Å². The maximum Gasteiger partial charge on any atom is 0.252 e. The summed E-state index contributed by atoms with van der Waals surface area (Å²) in [6.45, 7) is 2.32. The van der Waals surface area contributed by atoms with Gasteiger partial charge in [-0.05, 0) is 37.0 Å². The Morgan fingerprint density at radius 3 is 2.54 bits per heavy atom. The van der Waals surface area contributed by atoms with Crippen LogP contribution in [0.15, 0.2) is 51.7 Å². The SMILES string of the molecule is I.NC(=NCc1ccc(S(=O)(=O)N2CCCCC2)s1)NCCc1ccccc1. The minimum Gasteiger partial charge on any atom is -0.370 e. The minimum absolute atomic E-state index is 0. The van der Waals surface area contributed by atoms with Gasteiger partial charge in [-0.25, -0.2) is 13.4 Å². The molecule has 0 atom stereocenters. The summed E-state index contributed by atoms with van der Waals surface area (Å²) in [4.78, 5) is 5.21. The van der Waals surface area contributed by atoms with Crippen LogP contribution in [0.2, 0.25) is 0 Å². The molecule has 0 amide bonds. The summed E-state index contributed by atoms with van der Waals surface area (Å²) < 4.78 is 27.3. The average molecular weight is 534 g/mol. The number of sulfonamides is 1. The monoisotopic (exact) mass is 534 g/mol. The van der Waals surface area contributed by atoms with Gasteiger partial charge in [-0.2, -0.15) is 4.31 Å². The number of hydrogen-bond donors (Lipinski definition) is 2.